The van der Waals surface area contributed by atoms with Gasteiger partial charge in [-0.25, -0.2) is 9.78 Å². The van der Waals surface area contributed by atoms with Crippen molar-refractivity contribution in [3.05, 3.63) is 47.9 Å². The first-order valence-electron chi connectivity index (χ1n) is 4.95. The lowest BCUT2D eigenvalue weighted by Crippen LogP contribution is -2.05. The predicted molar refractivity (Wildman–Crippen MR) is 60.6 cm³/mol. The SMILES string of the molecule is O=C(O)c1ccnc(NCc2cccnn2)c1. The Balaban J connectivity index is 2.04. The van der Waals surface area contributed by atoms with Crippen LogP contribution in [0.4, 0.5) is 5.82 Å². The number of nitrogens with zero attached hydrogens (tertiary/aromatic N) is 3. The third-order valence-corrected chi connectivity index (χ3v) is 2.09. The first-order valence-corrected chi connectivity index (χ1v) is 4.95. The zero-order valence-corrected chi connectivity index (χ0v) is 8.87. The molecule has 0 amide bonds. The van der Waals surface area contributed by atoms with Crippen molar-refractivity contribution in [2.45, 2.75) is 6.54 Å². The minimum absolute atomic E-state index is 0.196. The largest absolute Gasteiger partial charge is 0.478 e. The predicted octanol–water partition coefficient (Wildman–Crippen LogP) is 1.18. The molecule has 0 aromatic carbocycles. The van der Waals surface area contributed by atoms with Crippen LogP contribution in [0.25, 0.3) is 0 Å². The van der Waals surface area contributed by atoms with Crippen LogP contribution in [0, 0.1) is 0 Å². The normalized spacial score (nSPS) is 9.88. The molecule has 2 heterocycles. The van der Waals surface area contributed by atoms with Gasteiger partial charge in [-0.1, -0.05) is 0 Å². The molecule has 0 bridgehead atoms. The Kier molecular flexibility index (Phi) is 3.25. The summed E-state index contributed by atoms with van der Waals surface area (Å²) in [6.07, 6.45) is 3.04. The summed E-state index contributed by atoms with van der Waals surface area (Å²) in [6.45, 7) is 0.448. The van der Waals surface area contributed by atoms with Gasteiger partial charge in [-0.05, 0) is 24.3 Å². The van der Waals surface area contributed by atoms with Gasteiger partial charge in [0.25, 0.3) is 0 Å². The molecular weight excluding hydrogens is 220 g/mol. The van der Waals surface area contributed by atoms with E-state index in [-0.39, 0.29) is 5.56 Å². The molecule has 0 aliphatic rings. The maximum absolute atomic E-state index is 10.7. The van der Waals surface area contributed by atoms with Crippen molar-refractivity contribution in [3.63, 3.8) is 0 Å². The zero-order chi connectivity index (χ0) is 12.1. The Morgan fingerprint density at radius 3 is 2.94 bits per heavy atom. The minimum Gasteiger partial charge on any atom is -0.478 e. The molecule has 0 fully saturated rings. The fraction of sp³-hybridized carbons (Fsp3) is 0.0909. The fourth-order valence-electron chi connectivity index (χ4n) is 1.27. The van der Waals surface area contributed by atoms with Crippen LogP contribution in [0.15, 0.2) is 36.7 Å². The van der Waals surface area contributed by atoms with Crippen molar-refractivity contribution < 1.29 is 9.90 Å². The summed E-state index contributed by atoms with van der Waals surface area (Å²) in [7, 11) is 0. The lowest BCUT2D eigenvalue weighted by Gasteiger charge is -2.04. The molecule has 86 valence electrons. The van der Waals surface area contributed by atoms with Crippen molar-refractivity contribution in [1.82, 2.24) is 15.2 Å². The van der Waals surface area contributed by atoms with Gasteiger partial charge in [-0.2, -0.15) is 10.2 Å². The Labute approximate surface area is 97.4 Å². The highest BCUT2D eigenvalue weighted by atomic mass is 16.4. The van der Waals surface area contributed by atoms with E-state index >= 15 is 0 Å². The fourth-order valence-corrected chi connectivity index (χ4v) is 1.27. The summed E-state index contributed by atoms with van der Waals surface area (Å²) >= 11 is 0. The summed E-state index contributed by atoms with van der Waals surface area (Å²) in [5.74, 6) is -0.481. The minimum atomic E-state index is -0.977. The molecule has 0 saturated heterocycles. The molecule has 0 spiro atoms. The van der Waals surface area contributed by atoms with Crippen LogP contribution in [-0.2, 0) is 6.54 Å². The monoisotopic (exact) mass is 230 g/mol. The quantitative estimate of drug-likeness (QED) is 0.820. The number of nitrogens with one attached hydrogen (secondary N) is 1. The Morgan fingerprint density at radius 1 is 1.35 bits per heavy atom. The topological polar surface area (TPSA) is 88.0 Å². The second-order valence-electron chi connectivity index (χ2n) is 3.30. The maximum atomic E-state index is 10.7. The highest BCUT2D eigenvalue weighted by Gasteiger charge is 2.03. The molecular formula is C11H10N4O2. The lowest BCUT2D eigenvalue weighted by atomic mass is 10.2. The molecule has 6 nitrogen and oxygen atoms in total. The van der Waals surface area contributed by atoms with E-state index in [0.717, 1.165) is 5.69 Å². The van der Waals surface area contributed by atoms with Crippen LogP contribution in [0.1, 0.15) is 16.1 Å². The van der Waals surface area contributed by atoms with Gasteiger partial charge in [-0.15, -0.1) is 0 Å². The standard InChI is InChI=1S/C11H10N4O2/c16-11(17)8-3-5-12-10(6-8)13-7-9-2-1-4-14-15-9/h1-6H,7H2,(H,12,13)(H,16,17). The number of carbonyl (C=O) groups is 1. The number of hydrogen-bond acceptors (Lipinski definition) is 5. The zero-order valence-electron chi connectivity index (χ0n) is 8.87. The highest BCUT2D eigenvalue weighted by Crippen LogP contribution is 2.07. The van der Waals surface area contributed by atoms with Gasteiger partial charge in [0, 0.05) is 12.4 Å². The van der Waals surface area contributed by atoms with Crippen molar-refractivity contribution >= 4 is 11.8 Å². The van der Waals surface area contributed by atoms with E-state index in [4.69, 9.17) is 5.11 Å². The second-order valence-corrected chi connectivity index (χ2v) is 3.30. The molecule has 0 atom stereocenters. The summed E-state index contributed by atoms with van der Waals surface area (Å²) in [4.78, 5) is 14.8. The number of aromatic nitrogens is 3. The van der Waals surface area contributed by atoms with Gasteiger partial charge in [0.2, 0.25) is 0 Å². The molecule has 2 rings (SSSR count). The van der Waals surface area contributed by atoms with E-state index in [1.807, 2.05) is 6.07 Å². The molecule has 0 aliphatic heterocycles. The molecule has 0 unspecified atom stereocenters. The number of carboxylic acids is 1. The van der Waals surface area contributed by atoms with E-state index in [1.165, 1.54) is 18.3 Å². The van der Waals surface area contributed by atoms with Gasteiger partial charge < -0.3 is 10.4 Å². The van der Waals surface area contributed by atoms with Crippen molar-refractivity contribution in [2.75, 3.05) is 5.32 Å². The number of pyridine rings is 1. The molecule has 6 heteroatoms. The second kappa shape index (κ2) is 5.02. The van der Waals surface area contributed by atoms with Crippen LogP contribution in [-0.4, -0.2) is 26.3 Å². The maximum Gasteiger partial charge on any atom is 0.335 e. The highest BCUT2D eigenvalue weighted by molar-refractivity contribution is 5.88. The van der Waals surface area contributed by atoms with E-state index in [1.54, 1.807) is 12.3 Å². The van der Waals surface area contributed by atoms with Gasteiger partial charge in [-0.3, -0.25) is 0 Å². The van der Waals surface area contributed by atoms with Gasteiger partial charge in [0.1, 0.15) is 5.82 Å². The van der Waals surface area contributed by atoms with Crippen LogP contribution >= 0.6 is 0 Å². The summed E-state index contributed by atoms with van der Waals surface area (Å²) < 4.78 is 0. The van der Waals surface area contributed by atoms with Gasteiger partial charge >= 0.3 is 5.97 Å². The lowest BCUT2D eigenvalue weighted by molar-refractivity contribution is 0.0697. The van der Waals surface area contributed by atoms with Crippen LogP contribution < -0.4 is 5.32 Å². The Hall–Kier alpha value is -2.50. The molecule has 17 heavy (non-hydrogen) atoms. The Bertz CT molecular complexity index is 516. The number of anilines is 1. The number of carboxylic acid groups (broad SMARTS) is 1. The van der Waals surface area contributed by atoms with E-state index in [9.17, 15) is 4.79 Å². The van der Waals surface area contributed by atoms with Crippen LogP contribution in [0.5, 0.6) is 0 Å². The average Bonchev–Trinajstić information content (AvgIpc) is 2.38. The van der Waals surface area contributed by atoms with E-state index < -0.39 is 5.97 Å². The summed E-state index contributed by atoms with van der Waals surface area (Å²) in [5.41, 5.74) is 0.955. The van der Waals surface area contributed by atoms with Crippen molar-refractivity contribution in [1.29, 1.82) is 0 Å². The summed E-state index contributed by atoms with van der Waals surface area (Å²) in [5, 5.41) is 19.4. The van der Waals surface area contributed by atoms with Crippen molar-refractivity contribution in [2.24, 2.45) is 0 Å². The van der Waals surface area contributed by atoms with E-state index in [0.29, 0.717) is 12.4 Å². The number of rotatable bonds is 4. The molecule has 0 aliphatic carbocycles. The summed E-state index contributed by atoms with van der Waals surface area (Å²) in [6, 6.07) is 6.51. The van der Waals surface area contributed by atoms with Gasteiger partial charge in [0.15, 0.2) is 0 Å². The molecule has 2 aromatic rings. The first-order chi connectivity index (χ1) is 8.25. The molecule has 0 radical (unpaired) electrons. The first kappa shape index (κ1) is 11.0. The van der Waals surface area contributed by atoms with Crippen LogP contribution in [0.3, 0.4) is 0 Å². The van der Waals surface area contributed by atoms with Crippen molar-refractivity contribution in [3.8, 4) is 0 Å². The smallest absolute Gasteiger partial charge is 0.335 e. The van der Waals surface area contributed by atoms with Crippen LogP contribution in [0.2, 0.25) is 0 Å². The molecule has 2 aromatic heterocycles. The molecule has 2 N–H and O–H groups in total. The third-order valence-electron chi connectivity index (χ3n) is 2.09. The van der Waals surface area contributed by atoms with E-state index in [2.05, 4.69) is 20.5 Å². The van der Waals surface area contributed by atoms with Gasteiger partial charge in [0.05, 0.1) is 17.8 Å². The molecule has 0 saturated carbocycles. The number of hydrogen-bond donors (Lipinski definition) is 2. The average molecular weight is 230 g/mol. The Morgan fingerprint density at radius 2 is 2.24 bits per heavy atom. The third kappa shape index (κ3) is 2.97. The number of aromatic carboxylic acids is 1.